The Kier molecular flexibility index (Phi) is 6.39. The van der Waals surface area contributed by atoms with Crippen LogP contribution in [0, 0.1) is 10.1 Å². The topological polar surface area (TPSA) is 147 Å². The molecule has 2 aliphatic heterocycles. The zero-order valence-corrected chi connectivity index (χ0v) is 19.2. The standard InChI is InChI=1S/C21H17N3O8S2/c1-11(25)23(15-3-2-8-33-15)16-18(26)22-9-14(17(20(27)28)34-19(16)22)21(29)32-10-12-4-6-13(7-5-12)24(30)31/h2-9,16-17,19H,10H2,1H3,(H,27,28)/t16?,17?,19-/m1/s1. The first kappa shape index (κ1) is 23.4. The van der Waals surface area contributed by atoms with Crippen molar-refractivity contribution in [3.63, 3.8) is 0 Å². The number of anilines is 1. The smallest absolute Gasteiger partial charge is 0.337 e. The molecule has 11 nitrogen and oxygen atoms in total. The van der Waals surface area contributed by atoms with Gasteiger partial charge in [0.25, 0.3) is 11.6 Å². The number of thiophene rings is 1. The second-order valence-electron chi connectivity index (χ2n) is 7.36. The van der Waals surface area contributed by atoms with E-state index in [2.05, 4.69) is 0 Å². The fraction of sp³-hybridized carbons (Fsp3) is 0.238. The monoisotopic (exact) mass is 503 g/mol. The molecular weight excluding hydrogens is 486 g/mol. The summed E-state index contributed by atoms with van der Waals surface area (Å²) in [5.41, 5.74) is 0.139. The maximum Gasteiger partial charge on any atom is 0.337 e. The summed E-state index contributed by atoms with van der Waals surface area (Å²) >= 11 is 2.16. The van der Waals surface area contributed by atoms with Crippen LogP contribution in [0.5, 0.6) is 0 Å². The zero-order valence-electron chi connectivity index (χ0n) is 17.5. The number of non-ortho nitro benzene ring substituents is 1. The molecule has 4 rings (SSSR count). The molecule has 0 aliphatic carbocycles. The Morgan fingerprint density at radius 3 is 2.50 bits per heavy atom. The number of rotatable bonds is 7. The van der Waals surface area contributed by atoms with Crippen LogP contribution in [0.2, 0.25) is 0 Å². The second kappa shape index (κ2) is 9.27. The van der Waals surface area contributed by atoms with Crippen LogP contribution in [-0.2, 0) is 30.5 Å². The third-order valence-electron chi connectivity index (χ3n) is 5.23. The summed E-state index contributed by atoms with van der Waals surface area (Å²) in [5, 5.41) is 20.8. The molecule has 0 saturated carbocycles. The van der Waals surface area contributed by atoms with E-state index in [0.29, 0.717) is 10.6 Å². The van der Waals surface area contributed by atoms with E-state index in [-0.39, 0.29) is 23.8 Å². The summed E-state index contributed by atoms with van der Waals surface area (Å²) in [7, 11) is 0. The van der Waals surface area contributed by atoms with E-state index < -0.39 is 39.4 Å². The summed E-state index contributed by atoms with van der Waals surface area (Å²) < 4.78 is 5.21. The number of carboxylic acid groups (broad SMARTS) is 1. The molecule has 0 spiro atoms. The fourth-order valence-corrected chi connectivity index (χ4v) is 5.80. The molecule has 13 heteroatoms. The van der Waals surface area contributed by atoms with Gasteiger partial charge in [-0.25, -0.2) is 4.79 Å². The Labute approximate surface area is 200 Å². The number of β-lactam (4-membered cyclic amide) rings is 1. The minimum Gasteiger partial charge on any atom is -0.480 e. The van der Waals surface area contributed by atoms with Crippen molar-refractivity contribution in [3.05, 3.63) is 69.2 Å². The number of carbonyl (C=O) groups excluding carboxylic acids is 3. The van der Waals surface area contributed by atoms with E-state index in [0.717, 1.165) is 11.8 Å². The molecule has 1 aromatic heterocycles. The van der Waals surface area contributed by atoms with Crippen LogP contribution >= 0.6 is 23.1 Å². The maximum atomic E-state index is 12.9. The molecule has 1 aromatic carbocycles. The third kappa shape index (κ3) is 4.26. The number of carbonyl (C=O) groups is 4. The van der Waals surface area contributed by atoms with E-state index in [9.17, 15) is 34.4 Å². The molecule has 0 radical (unpaired) electrons. The van der Waals surface area contributed by atoms with Crippen LogP contribution in [0.1, 0.15) is 12.5 Å². The number of aliphatic carboxylic acids is 1. The van der Waals surface area contributed by atoms with Gasteiger partial charge in [-0.05, 0) is 35.2 Å². The van der Waals surface area contributed by atoms with Crippen molar-refractivity contribution < 1.29 is 33.9 Å². The van der Waals surface area contributed by atoms with Gasteiger partial charge >= 0.3 is 11.9 Å². The first-order valence-electron chi connectivity index (χ1n) is 9.85. The Morgan fingerprint density at radius 1 is 1.24 bits per heavy atom. The van der Waals surface area contributed by atoms with Gasteiger partial charge < -0.3 is 14.7 Å². The number of nitrogens with zero attached hydrogens (tertiary/aromatic N) is 3. The lowest BCUT2D eigenvalue weighted by Gasteiger charge is -2.51. The van der Waals surface area contributed by atoms with E-state index in [1.807, 2.05) is 0 Å². The highest BCUT2D eigenvalue weighted by Gasteiger charge is 2.56. The number of fused-ring (bicyclic) bond motifs is 1. The van der Waals surface area contributed by atoms with Gasteiger partial charge in [0.05, 0.1) is 15.5 Å². The number of ether oxygens (including phenoxy) is 1. The lowest BCUT2D eigenvalue weighted by molar-refractivity contribution is -0.384. The average molecular weight is 504 g/mol. The van der Waals surface area contributed by atoms with E-state index in [1.165, 1.54) is 58.5 Å². The Balaban J connectivity index is 1.52. The van der Waals surface area contributed by atoms with Crippen molar-refractivity contribution in [2.75, 3.05) is 4.90 Å². The first-order valence-corrected chi connectivity index (χ1v) is 11.7. The van der Waals surface area contributed by atoms with Gasteiger partial charge in [0, 0.05) is 25.3 Å². The SMILES string of the molecule is CC(=O)N(c1cccs1)C1C(=O)N2C=C(C(=O)OCc3ccc([N+](=O)[O-])cc3)C(C(=O)O)S[C@H]12. The quantitative estimate of drug-likeness (QED) is 0.260. The Morgan fingerprint density at radius 2 is 1.94 bits per heavy atom. The zero-order chi connectivity index (χ0) is 24.6. The lowest BCUT2D eigenvalue weighted by Crippen LogP contribution is -2.70. The number of hydrogen-bond donors (Lipinski definition) is 1. The summed E-state index contributed by atoms with van der Waals surface area (Å²) in [6.45, 7) is 1.09. The minimum absolute atomic E-state index is 0.119. The van der Waals surface area contributed by atoms with Crippen LogP contribution in [-0.4, -0.2) is 55.3 Å². The second-order valence-corrected chi connectivity index (χ2v) is 9.51. The first-order chi connectivity index (χ1) is 16.2. The molecule has 2 unspecified atom stereocenters. The summed E-state index contributed by atoms with van der Waals surface area (Å²) in [5.74, 6) is -3.00. The summed E-state index contributed by atoms with van der Waals surface area (Å²) in [4.78, 5) is 62.5. The molecule has 3 heterocycles. The number of esters is 1. The largest absolute Gasteiger partial charge is 0.480 e. The highest BCUT2D eigenvalue weighted by Crippen LogP contribution is 2.44. The van der Waals surface area contributed by atoms with Crippen molar-refractivity contribution in [3.8, 4) is 0 Å². The van der Waals surface area contributed by atoms with Crippen LogP contribution in [0.25, 0.3) is 0 Å². The Hall–Kier alpha value is -3.71. The van der Waals surface area contributed by atoms with Crippen molar-refractivity contribution in [1.29, 1.82) is 0 Å². The predicted octanol–water partition coefficient (Wildman–Crippen LogP) is 2.37. The number of thioether (sulfide) groups is 1. The van der Waals surface area contributed by atoms with Crippen LogP contribution < -0.4 is 4.90 Å². The molecule has 2 aliphatic rings. The minimum atomic E-state index is -1.31. The average Bonchev–Trinajstić information content (AvgIpc) is 3.34. The van der Waals surface area contributed by atoms with Crippen LogP contribution in [0.3, 0.4) is 0 Å². The highest BCUT2D eigenvalue weighted by molar-refractivity contribution is 8.01. The van der Waals surface area contributed by atoms with Crippen molar-refractivity contribution in [2.24, 2.45) is 0 Å². The van der Waals surface area contributed by atoms with Gasteiger partial charge in [-0.1, -0.05) is 0 Å². The number of nitro benzene ring substituents is 1. The molecule has 3 atom stereocenters. The molecule has 176 valence electrons. The molecule has 0 bridgehead atoms. The number of carboxylic acids is 1. The van der Waals surface area contributed by atoms with Gasteiger partial charge in [-0.3, -0.25) is 29.4 Å². The van der Waals surface area contributed by atoms with E-state index >= 15 is 0 Å². The lowest BCUT2D eigenvalue weighted by atomic mass is 10.0. The number of nitro groups is 1. The van der Waals surface area contributed by atoms with Gasteiger partial charge in [-0.2, -0.15) is 0 Å². The van der Waals surface area contributed by atoms with Crippen molar-refractivity contribution in [2.45, 2.75) is 30.2 Å². The number of benzene rings is 1. The van der Waals surface area contributed by atoms with Gasteiger partial charge in [-0.15, -0.1) is 23.1 Å². The number of hydrogen-bond acceptors (Lipinski definition) is 9. The summed E-state index contributed by atoms with van der Waals surface area (Å²) in [6, 6.07) is 7.91. The fourth-order valence-electron chi connectivity index (χ4n) is 3.61. The molecule has 1 saturated heterocycles. The summed E-state index contributed by atoms with van der Waals surface area (Å²) in [6.07, 6.45) is 1.17. The third-order valence-corrected chi connectivity index (χ3v) is 7.59. The normalized spacial score (nSPS) is 21.1. The van der Waals surface area contributed by atoms with Crippen molar-refractivity contribution >= 4 is 57.5 Å². The van der Waals surface area contributed by atoms with E-state index in [4.69, 9.17) is 4.74 Å². The molecular formula is C21H17N3O8S2. The van der Waals surface area contributed by atoms with Gasteiger partial charge in [0.1, 0.15) is 23.3 Å². The molecule has 1 N–H and O–H groups in total. The molecule has 1 fully saturated rings. The molecule has 2 aromatic rings. The van der Waals surface area contributed by atoms with E-state index in [1.54, 1.807) is 17.5 Å². The molecule has 2 amide bonds. The Bertz CT molecular complexity index is 1200. The predicted molar refractivity (Wildman–Crippen MR) is 122 cm³/mol. The van der Waals surface area contributed by atoms with Gasteiger partial charge in [0.15, 0.2) is 0 Å². The highest BCUT2D eigenvalue weighted by atomic mass is 32.2. The maximum absolute atomic E-state index is 12.9. The van der Waals surface area contributed by atoms with Crippen LogP contribution in [0.4, 0.5) is 10.7 Å². The number of amides is 2. The van der Waals surface area contributed by atoms with Crippen molar-refractivity contribution in [1.82, 2.24) is 4.90 Å². The molecule has 34 heavy (non-hydrogen) atoms. The van der Waals surface area contributed by atoms with Crippen LogP contribution in [0.15, 0.2) is 53.6 Å². The van der Waals surface area contributed by atoms with Gasteiger partial charge in [0.2, 0.25) is 5.91 Å².